The summed E-state index contributed by atoms with van der Waals surface area (Å²) in [5, 5.41) is 13.9. The predicted octanol–water partition coefficient (Wildman–Crippen LogP) is 3.54. The molecule has 1 N–H and O–H groups in total. The van der Waals surface area contributed by atoms with Crippen LogP contribution < -0.4 is 5.32 Å². The molecule has 2 saturated carbocycles. The first-order chi connectivity index (χ1) is 10.2. The quantitative estimate of drug-likeness (QED) is 0.685. The maximum absolute atomic E-state index is 12.5. The van der Waals surface area contributed by atoms with Crippen LogP contribution in [0.1, 0.15) is 50.4 Å². The highest BCUT2D eigenvalue weighted by molar-refractivity contribution is 5.94. The zero-order chi connectivity index (χ0) is 16.1. The minimum atomic E-state index is -0.457. The average Bonchev–Trinajstić information content (AvgIpc) is 2.94. The number of nitro benzene ring substituents is 1. The molecule has 118 valence electrons. The lowest BCUT2D eigenvalue weighted by Gasteiger charge is -2.43. The van der Waals surface area contributed by atoms with E-state index >= 15 is 0 Å². The van der Waals surface area contributed by atoms with Gasteiger partial charge in [-0.15, -0.1) is 0 Å². The highest BCUT2D eigenvalue weighted by Gasteiger charge is 2.59. The van der Waals surface area contributed by atoms with Crippen LogP contribution in [0.5, 0.6) is 0 Å². The number of nitrogens with zero attached hydrogens (tertiary/aromatic N) is 1. The fourth-order valence-corrected chi connectivity index (χ4v) is 4.61. The fraction of sp³-hybridized carbons (Fsp3) is 0.588. The number of hydrogen-bond acceptors (Lipinski definition) is 3. The number of fused-ring (bicyclic) bond motifs is 2. The molecule has 2 bridgehead atoms. The largest absolute Gasteiger partial charge is 0.348 e. The number of amides is 1. The third-order valence-corrected chi connectivity index (χ3v) is 5.89. The number of carbonyl (C=O) groups is 1. The van der Waals surface area contributed by atoms with Gasteiger partial charge in [0.15, 0.2) is 0 Å². The number of carbonyl (C=O) groups excluding carboxylic acids is 1. The normalized spacial score (nSPS) is 32.0. The number of rotatable bonds is 3. The molecule has 3 atom stereocenters. The van der Waals surface area contributed by atoms with Gasteiger partial charge in [-0.25, -0.2) is 0 Å². The first-order valence-electron chi connectivity index (χ1n) is 7.79. The Kier molecular flexibility index (Phi) is 3.27. The van der Waals surface area contributed by atoms with Gasteiger partial charge in [-0.05, 0) is 48.1 Å². The molecule has 0 aliphatic heterocycles. The number of non-ortho nitro benzene ring substituents is 1. The lowest BCUT2D eigenvalue weighted by atomic mass is 9.68. The summed E-state index contributed by atoms with van der Waals surface area (Å²) in [4.78, 5) is 22.7. The van der Waals surface area contributed by atoms with Crippen LogP contribution in [-0.2, 0) is 0 Å². The molecule has 0 saturated heterocycles. The Morgan fingerprint density at radius 1 is 1.27 bits per heavy atom. The molecule has 1 aromatic carbocycles. The van der Waals surface area contributed by atoms with Gasteiger partial charge < -0.3 is 5.32 Å². The van der Waals surface area contributed by atoms with Gasteiger partial charge in [0.25, 0.3) is 11.6 Å². The van der Waals surface area contributed by atoms with Gasteiger partial charge in [0.1, 0.15) is 0 Å². The van der Waals surface area contributed by atoms with Crippen LogP contribution in [0.2, 0.25) is 0 Å². The summed E-state index contributed by atoms with van der Waals surface area (Å²) in [5.74, 6) is 0.529. The van der Waals surface area contributed by atoms with Gasteiger partial charge in [0.05, 0.1) is 4.92 Å². The zero-order valence-corrected chi connectivity index (χ0v) is 13.3. The number of nitro groups is 1. The Balaban J connectivity index is 1.78. The van der Waals surface area contributed by atoms with Crippen molar-refractivity contribution in [1.82, 2.24) is 5.32 Å². The topological polar surface area (TPSA) is 72.2 Å². The Hall–Kier alpha value is -1.91. The second kappa shape index (κ2) is 4.80. The molecule has 2 fully saturated rings. The van der Waals surface area contributed by atoms with Gasteiger partial charge in [0, 0.05) is 23.7 Å². The molecule has 5 nitrogen and oxygen atoms in total. The molecule has 0 heterocycles. The van der Waals surface area contributed by atoms with Crippen molar-refractivity contribution in [1.29, 1.82) is 0 Å². The van der Waals surface area contributed by atoms with Gasteiger partial charge >= 0.3 is 0 Å². The summed E-state index contributed by atoms with van der Waals surface area (Å²) >= 11 is 0. The molecule has 3 rings (SSSR count). The summed E-state index contributed by atoms with van der Waals surface area (Å²) < 4.78 is 0. The van der Waals surface area contributed by atoms with E-state index in [0.717, 1.165) is 6.42 Å². The van der Waals surface area contributed by atoms with Crippen LogP contribution >= 0.6 is 0 Å². The summed E-state index contributed by atoms with van der Waals surface area (Å²) in [6.07, 6.45) is 3.57. The molecule has 1 aromatic rings. The van der Waals surface area contributed by atoms with Gasteiger partial charge in [-0.2, -0.15) is 0 Å². The van der Waals surface area contributed by atoms with Crippen molar-refractivity contribution >= 4 is 11.6 Å². The molecule has 1 amide bonds. The molecular weight excluding hydrogens is 280 g/mol. The van der Waals surface area contributed by atoms with E-state index in [1.54, 1.807) is 0 Å². The summed E-state index contributed by atoms with van der Waals surface area (Å²) in [5.41, 5.74) is 0.755. The molecule has 2 aliphatic rings. The van der Waals surface area contributed by atoms with E-state index in [2.05, 4.69) is 26.1 Å². The Morgan fingerprint density at radius 2 is 1.91 bits per heavy atom. The van der Waals surface area contributed by atoms with E-state index in [4.69, 9.17) is 0 Å². The standard InChI is InChI=1S/C17H22N2O3/c1-16(2)12-8-9-17(3,10-12)15(16)18-14(20)11-4-6-13(7-5-11)19(21)22/h4-7,12,15H,8-10H2,1-3H3,(H,18,20)/t12-,15-,17-/m1/s1. The van der Waals surface area contributed by atoms with Crippen molar-refractivity contribution in [3.8, 4) is 0 Å². The van der Waals surface area contributed by atoms with Crippen molar-refractivity contribution in [3.05, 3.63) is 39.9 Å². The highest BCUT2D eigenvalue weighted by Crippen LogP contribution is 2.62. The fourth-order valence-electron chi connectivity index (χ4n) is 4.61. The highest BCUT2D eigenvalue weighted by atomic mass is 16.6. The van der Waals surface area contributed by atoms with Gasteiger partial charge in [-0.1, -0.05) is 20.8 Å². The van der Waals surface area contributed by atoms with E-state index in [-0.39, 0.29) is 28.5 Å². The molecule has 22 heavy (non-hydrogen) atoms. The van der Waals surface area contributed by atoms with E-state index < -0.39 is 4.92 Å². The van der Waals surface area contributed by atoms with Crippen LogP contribution in [0.4, 0.5) is 5.69 Å². The summed E-state index contributed by atoms with van der Waals surface area (Å²) in [6.45, 7) is 6.74. The average molecular weight is 302 g/mol. The molecule has 0 unspecified atom stereocenters. The van der Waals surface area contributed by atoms with E-state index in [1.807, 2.05) is 0 Å². The lowest BCUT2D eigenvalue weighted by molar-refractivity contribution is -0.384. The van der Waals surface area contributed by atoms with Crippen molar-refractivity contribution in [2.75, 3.05) is 0 Å². The second-order valence-corrected chi connectivity index (χ2v) is 7.63. The monoisotopic (exact) mass is 302 g/mol. The first kappa shape index (κ1) is 15.0. The number of hydrogen-bond donors (Lipinski definition) is 1. The maximum Gasteiger partial charge on any atom is 0.269 e. The summed E-state index contributed by atoms with van der Waals surface area (Å²) in [6, 6.07) is 5.96. The molecule has 0 spiro atoms. The van der Waals surface area contributed by atoms with Crippen molar-refractivity contribution in [2.24, 2.45) is 16.7 Å². The minimum Gasteiger partial charge on any atom is -0.348 e. The zero-order valence-electron chi connectivity index (χ0n) is 13.3. The number of benzene rings is 1. The number of nitrogens with one attached hydrogen (secondary N) is 1. The minimum absolute atomic E-state index is 0.00349. The predicted molar refractivity (Wildman–Crippen MR) is 83.6 cm³/mol. The van der Waals surface area contributed by atoms with E-state index in [1.165, 1.54) is 37.1 Å². The van der Waals surface area contributed by atoms with Crippen LogP contribution in [0, 0.1) is 26.9 Å². The molecular formula is C17H22N2O3. The van der Waals surface area contributed by atoms with E-state index in [9.17, 15) is 14.9 Å². The lowest BCUT2D eigenvalue weighted by Crippen LogP contribution is -2.52. The van der Waals surface area contributed by atoms with Crippen LogP contribution in [0.25, 0.3) is 0 Å². The Labute approximate surface area is 130 Å². The Morgan fingerprint density at radius 3 is 2.41 bits per heavy atom. The first-order valence-corrected chi connectivity index (χ1v) is 7.79. The molecule has 0 radical (unpaired) electrons. The van der Waals surface area contributed by atoms with Crippen molar-refractivity contribution < 1.29 is 9.72 Å². The summed E-state index contributed by atoms with van der Waals surface area (Å²) in [7, 11) is 0. The maximum atomic E-state index is 12.5. The van der Waals surface area contributed by atoms with Crippen molar-refractivity contribution in [3.63, 3.8) is 0 Å². The van der Waals surface area contributed by atoms with Crippen LogP contribution in [0.15, 0.2) is 24.3 Å². The molecule has 0 aromatic heterocycles. The smallest absolute Gasteiger partial charge is 0.269 e. The SMILES string of the molecule is CC1(C)[C@@H]2CC[C@](C)(C2)[C@@H]1NC(=O)c1ccc([N+](=O)[O-])cc1. The van der Waals surface area contributed by atoms with Gasteiger partial charge in [-0.3, -0.25) is 14.9 Å². The second-order valence-electron chi connectivity index (χ2n) is 7.63. The van der Waals surface area contributed by atoms with Crippen LogP contribution in [-0.4, -0.2) is 16.9 Å². The molecule has 2 aliphatic carbocycles. The molecule has 5 heteroatoms. The third kappa shape index (κ3) is 2.19. The van der Waals surface area contributed by atoms with E-state index in [0.29, 0.717) is 11.5 Å². The van der Waals surface area contributed by atoms with Gasteiger partial charge in [0.2, 0.25) is 0 Å². The van der Waals surface area contributed by atoms with Crippen molar-refractivity contribution in [2.45, 2.75) is 46.1 Å². The Bertz CT molecular complexity index is 619. The van der Waals surface area contributed by atoms with Crippen LogP contribution in [0.3, 0.4) is 0 Å². The third-order valence-electron chi connectivity index (χ3n) is 5.89.